The van der Waals surface area contributed by atoms with Crippen molar-refractivity contribution in [3.63, 3.8) is 0 Å². The Morgan fingerprint density at radius 2 is 1.97 bits per heavy atom. The molecule has 172 valence electrons. The van der Waals surface area contributed by atoms with Crippen molar-refractivity contribution in [1.82, 2.24) is 20.3 Å². The summed E-state index contributed by atoms with van der Waals surface area (Å²) in [6.45, 7) is 6.06. The van der Waals surface area contributed by atoms with E-state index in [4.69, 9.17) is 0 Å². The van der Waals surface area contributed by atoms with Gasteiger partial charge in [0.15, 0.2) is 10.9 Å². The first-order valence-electron chi connectivity index (χ1n) is 11.2. The SMILES string of the molecule is CC(C)N1C=CCc2c(F)cc(-c3nc(Nc4nc(C5CCNCC5)cs4)ncc3F)cc21. The summed E-state index contributed by atoms with van der Waals surface area (Å²) in [4.78, 5) is 15.1. The summed E-state index contributed by atoms with van der Waals surface area (Å²) in [6, 6.07) is 3.29. The van der Waals surface area contributed by atoms with Gasteiger partial charge < -0.3 is 15.5 Å². The van der Waals surface area contributed by atoms with Gasteiger partial charge in [-0.2, -0.15) is 0 Å². The first kappa shape index (κ1) is 21.9. The second-order valence-corrected chi connectivity index (χ2v) is 9.52. The van der Waals surface area contributed by atoms with Crippen LogP contribution in [0.25, 0.3) is 11.3 Å². The zero-order valence-corrected chi connectivity index (χ0v) is 19.4. The number of allylic oxidation sites excluding steroid dienone is 1. The molecular formula is C24H26F2N6S. The number of nitrogens with zero attached hydrogens (tertiary/aromatic N) is 4. The van der Waals surface area contributed by atoms with E-state index in [0.29, 0.717) is 28.6 Å². The molecule has 0 atom stereocenters. The number of aromatic nitrogens is 3. The van der Waals surface area contributed by atoms with Crippen LogP contribution >= 0.6 is 11.3 Å². The molecule has 3 aromatic rings. The molecular weight excluding hydrogens is 442 g/mol. The van der Waals surface area contributed by atoms with Crippen LogP contribution in [0.4, 0.5) is 25.5 Å². The minimum Gasteiger partial charge on any atom is -0.345 e. The lowest BCUT2D eigenvalue weighted by molar-refractivity contribution is 0.455. The number of thiazole rings is 1. The van der Waals surface area contributed by atoms with Gasteiger partial charge in [-0.15, -0.1) is 11.3 Å². The summed E-state index contributed by atoms with van der Waals surface area (Å²) in [7, 11) is 0. The third kappa shape index (κ3) is 4.47. The minimum absolute atomic E-state index is 0.0580. The molecule has 2 N–H and O–H groups in total. The molecule has 0 radical (unpaired) electrons. The summed E-state index contributed by atoms with van der Waals surface area (Å²) >= 11 is 1.48. The second kappa shape index (κ2) is 9.15. The number of piperidine rings is 1. The maximum Gasteiger partial charge on any atom is 0.229 e. The Hall–Kier alpha value is -2.91. The molecule has 5 rings (SSSR count). The van der Waals surface area contributed by atoms with Gasteiger partial charge in [-0.1, -0.05) is 6.08 Å². The van der Waals surface area contributed by atoms with E-state index in [0.717, 1.165) is 43.5 Å². The molecule has 0 aliphatic carbocycles. The van der Waals surface area contributed by atoms with Gasteiger partial charge in [-0.3, -0.25) is 0 Å². The quantitative estimate of drug-likeness (QED) is 0.525. The lowest BCUT2D eigenvalue weighted by Crippen LogP contribution is -2.28. The van der Waals surface area contributed by atoms with Crippen LogP contribution in [0.15, 0.2) is 36.0 Å². The summed E-state index contributed by atoms with van der Waals surface area (Å²) in [6.07, 6.45) is 7.63. The summed E-state index contributed by atoms with van der Waals surface area (Å²) < 4.78 is 29.7. The van der Waals surface area contributed by atoms with Crippen molar-refractivity contribution in [2.24, 2.45) is 0 Å². The number of fused-ring (bicyclic) bond motifs is 1. The molecule has 4 heterocycles. The number of rotatable bonds is 5. The molecule has 1 fully saturated rings. The zero-order valence-electron chi connectivity index (χ0n) is 18.6. The average Bonchev–Trinajstić information content (AvgIpc) is 3.29. The lowest BCUT2D eigenvalue weighted by atomic mass is 9.96. The molecule has 0 bridgehead atoms. The van der Waals surface area contributed by atoms with E-state index in [1.807, 2.05) is 31.0 Å². The van der Waals surface area contributed by atoms with E-state index in [1.54, 1.807) is 6.07 Å². The molecule has 0 amide bonds. The van der Waals surface area contributed by atoms with E-state index in [2.05, 4.69) is 31.0 Å². The molecule has 1 aromatic carbocycles. The summed E-state index contributed by atoms with van der Waals surface area (Å²) in [5.74, 6) is -0.288. The number of anilines is 3. The van der Waals surface area contributed by atoms with Crippen molar-refractivity contribution in [3.05, 3.63) is 58.9 Å². The van der Waals surface area contributed by atoms with Crippen molar-refractivity contribution in [1.29, 1.82) is 0 Å². The molecule has 2 aliphatic heterocycles. The number of halogens is 2. The molecule has 0 unspecified atom stereocenters. The van der Waals surface area contributed by atoms with E-state index >= 15 is 0 Å². The van der Waals surface area contributed by atoms with Crippen LogP contribution in [0.2, 0.25) is 0 Å². The van der Waals surface area contributed by atoms with E-state index in [1.165, 1.54) is 17.4 Å². The first-order chi connectivity index (χ1) is 16.0. The van der Waals surface area contributed by atoms with E-state index < -0.39 is 5.82 Å². The van der Waals surface area contributed by atoms with Crippen LogP contribution in [0.3, 0.4) is 0 Å². The molecule has 0 spiro atoms. The maximum absolute atomic E-state index is 15.0. The molecule has 2 aromatic heterocycles. The topological polar surface area (TPSA) is 66.0 Å². The van der Waals surface area contributed by atoms with Crippen molar-refractivity contribution < 1.29 is 8.78 Å². The Morgan fingerprint density at radius 3 is 2.76 bits per heavy atom. The predicted molar refractivity (Wildman–Crippen MR) is 128 cm³/mol. The number of hydrogen-bond acceptors (Lipinski definition) is 7. The Morgan fingerprint density at radius 1 is 1.15 bits per heavy atom. The van der Waals surface area contributed by atoms with Gasteiger partial charge in [0, 0.05) is 40.4 Å². The van der Waals surface area contributed by atoms with Gasteiger partial charge in [0.05, 0.1) is 11.9 Å². The molecule has 33 heavy (non-hydrogen) atoms. The van der Waals surface area contributed by atoms with Crippen molar-refractivity contribution >= 4 is 28.1 Å². The average molecular weight is 469 g/mol. The fourth-order valence-corrected chi connectivity index (χ4v) is 5.17. The van der Waals surface area contributed by atoms with Gasteiger partial charge in [0.25, 0.3) is 0 Å². The smallest absolute Gasteiger partial charge is 0.229 e. The van der Waals surface area contributed by atoms with Crippen LogP contribution in [0.5, 0.6) is 0 Å². The third-order valence-electron chi connectivity index (χ3n) is 6.11. The fraction of sp³-hybridized carbons (Fsp3) is 0.375. The van der Waals surface area contributed by atoms with Gasteiger partial charge >= 0.3 is 0 Å². The minimum atomic E-state index is -0.600. The summed E-state index contributed by atoms with van der Waals surface area (Å²) in [5, 5.41) is 9.17. The highest BCUT2D eigenvalue weighted by atomic mass is 32.1. The fourth-order valence-electron chi connectivity index (χ4n) is 4.38. The summed E-state index contributed by atoms with van der Waals surface area (Å²) in [5.41, 5.74) is 2.84. The van der Waals surface area contributed by atoms with Crippen molar-refractivity contribution in [3.8, 4) is 11.3 Å². The Balaban J connectivity index is 1.44. The van der Waals surface area contributed by atoms with Gasteiger partial charge in [-0.05, 0) is 58.3 Å². The van der Waals surface area contributed by atoms with Gasteiger partial charge in [-0.25, -0.2) is 23.7 Å². The van der Waals surface area contributed by atoms with Crippen molar-refractivity contribution in [2.75, 3.05) is 23.3 Å². The Bertz CT molecular complexity index is 1190. The van der Waals surface area contributed by atoms with E-state index in [9.17, 15) is 8.78 Å². The van der Waals surface area contributed by atoms with Crippen LogP contribution in [-0.4, -0.2) is 34.1 Å². The Kier molecular flexibility index (Phi) is 6.07. The Labute approximate surface area is 195 Å². The standard InChI is InChI=1S/C24H26F2N6S/c1-14(2)32-9-3-4-17-18(25)10-16(11-21(17)32)22-19(26)12-28-23(30-22)31-24-29-20(13-33-24)15-5-7-27-8-6-15/h3,9-15,27H,4-8H2,1-2H3,(H,28,29,30,31). The largest absolute Gasteiger partial charge is 0.345 e. The molecule has 6 nitrogen and oxygen atoms in total. The zero-order chi connectivity index (χ0) is 22.9. The van der Waals surface area contributed by atoms with Crippen LogP contribution in [-0.2, 0) is 6.42 Å². The van der Waals surface area contributed by atoms with Crippen LogP contribution in [0.1, 0.15) is 43.9 Å². The highest BCUT2D eigenvalue weighted by Crippen LogP contribution is 2.35. The maximum atomic E-state index is 15.0. The normalized spacial score (nSPS) is 16.3. The predicted octanol–water partition coefficient (Wildman–Crippen LogP) is 5.37. The van der Waals surface area contributed by atoms with Gasteiger partial charge in [0.1, 0.15) is 11.5 Å². The van der Waals surface area contributed by atoms with E-state index in [-0.39, 0.29) is 23.5 Å². The molecule has 1 saturated heterocycles. The first-order valence-corrected chi connectivity index (χ1v) is 12.1. The number of benzene rings is 1. The second-order valence-electron chi connectivity index (χ2n) is 8.66. The number of hydrogen-bond donors (Lipinski definition) is 2. The number of nitrogens with one attached hydrogen (secondary N) is 2. The monoisotopic (exact) mass is 468 g/mol. The highest BCUT2D eigenvalue weighted by Gasteiger charge is 2.22. The van der Waals surface area contributed by atoms with Crippen LogP contribution in [0, 0.1) is 11.6 Å². The third-order valence-corrected chi connectivity index (χ3v) is 6.89. The molecule has 0 saturated carbocycles. The van der Waals surface area contributed by atoms with Crippen molar-refractivity contribution in [2.45, 2.75) is 45.1 Å². The highest BCUT2D eigenvalue weighted by molar-refractivity contribution is 7.13. The molecule has 9 heteroatoms. The molecule has 2 aliphatic rings. The van der Waals surface area contributed by atoms with Crippen LogP contribution < -0.4 is 15.5 Å². The lowest BCUT2D eigenvalue weighted by Gasteiger charge is -2.30. The van der Waals surface area contributed by atoms with Gasteiger partial charge in [0.2, 0.25) is 5.95 Å².